The highest BCUT2D eigenvalue weighted by Gasteiger charge is 2.36. The number of nitrogens with one attached hydrogen (secondary N) is 1. The number of likely N-dealkylation sites (tertiary alicyclic amines) is 1. The molecule has 0 aromatic rings. The lowest BCUT2D eigenvalue weighted by molar-refractivity contribution is -0.149. The maximum atomic E-state index is 12.3. The first kappa shape index (κ1) is 18.4. The average molecular weight is 314 g/mol. The highest BCUT2D eigenvalue weighted by molar-refractivity contribution is 5.91. The number of amides is 2. The summed E-state index contributed by atoms with van der Waals surface area (Å²) in [6, 6.07) is -2.27. The van der Waals surface area contributed by atoms with Crippen LogP contribution >= 0.6 is 0 Å². The minimum absolute atomic E-state index is 0.382. The van der Waals surface area contributed by atoms with Crippen molar-refractivity contribution in [3.63, 3.8) is 0 Å². The number of carbonyl (C=O) groups excluding carboxylic acids is 2. The van der Waals surface area contributed by atoms with Gasteiger partial charge in [-0.15, -0.1) is 0 Å². The van der Waals surface area contributed by atoms with E-state index in [2.05, 4.69) is 5.32 Å². The summed E-state index contributed by atoms with van der Waals surface area (Å²) in [5, 5.41) is 11.7. The Morgan fingerprint density at radius 1 is 1.36 bits per heavy atom. The smallest absolute Gasteiger partial charge is 0.326 e. The predicted octanol–water partition coefficient (Wildman–Crippen LogP) is -0.977. The van der Waals surface area contributed by atoms with Gasteiger partial charge in [-0.3, -0.25) is 9.59 Å². The molecular weight excluding hydrogens is 288 g/mol. The molecule has 0 saturated carbocycles. The van der Waals surface area contributed by atoms with Crippen LogP contribution < -0.4 is 16.8 Å². The minimum atomic E-state index is -1.01. The summed E-state index contributed by atoms with van der Waals surface area (Å²) in [4.78, 5) is 36.6. The van der Waals surface area contributed by atoms with Gasteiger partial charge in [0.05, 0.1) is 6.04 Å². The number of carboxylic acids is 1. The van der Waals surface area contributed by atoms with Gasteiger partial charge in [-0.2, -0.15) is 0 Å². The fraction of sp³-hybridized carbons (Fsp3) is 0.786. The Morgan fingerprint density at radius 3 is 2.64 bits per heavy atom. The fourth-order valence-electron chi connectivity index (χ4n) is 2.56. The van der Waals surface area contributed by atoms with Crippen LogP contribution in [-0.4, -0.2) is 59.0 Å². The molecule has 22 heavy (non-hydrogen) atoms. The number of hydrogen-bond acceptors (Lipinski definition) is 5. The Hall–Kier alpha value is -1.67. The van der Waals surface area contributed by atoms with E-state index in [0.717, 1.165) is 12.8 Å². The lowest BCUT2D eigenvalue weighted by Gasteiger charge is -2.26. The predicted molar refractivity (Wildman–Crippen MR) is 80.9 cm³/mol. The molecule has 0 radical (unpaired) electrons. The zero-order valence-corrected chi connectivity index (χ0v) is 13.0. The Labute approximate surface area is 130 Å². The molecule has 1 rings (SSSR count). The number of nitrogens with two attached hydrogens (primary N) is 2. The SMILES string of the molecule is C[C@H](NC(=O)[C@@H](N)CCCCN)C(=O)N1CCC[C@@H]1C(=O)O. The van der Waals surface area contributed by atoms with E-state index >= 15 is 0 Å². The topological polar surface area (TPSA) is 139 Å². The van der Waals surface area contributed by atoms with Crippen LogP contribution in [0.4, 0.5) is 0 Å². The van der Waals surface area contributed by atoms with Crippen molar-refractivity contribution < 1.29 is 19.5 Å². The molecule has 0 aromatic carbocycles. The summed E-state index contributed by atoms with van der Waals surface area (Å²) >= 11 is 0. The normalized spacial score (nSPS) is 20.5. The molecule has 3 atom stereocenters. The molecule has 1 fully saturated rings. The summed E-state index contributed by atoms with van der Waals surface area (Å²) in [6.45, 7) is 2.50. The van der Waals surface area contributed by atoms with Crippen molar-refractivity contribution in [2.75, 3.05) is 13.1 Å². The van der Waals surface area contributed by atoms with Crippen LogP contribution in [0.15, 0.2) is 0 Å². The second-order valence-corrected chi connectivity index (χ2v) is 5.65. The van der Waals surface area contributed by atoms with Crippen LogP contribution in [0.25, 0.3) is 0 Å². The van der Waals surface area contributed by atoms with E-state index in [0.29, 0.717) is 32.4 Å². The number of carbonyl (C=O) groups is 3. The van der Waals surface area contributed by atoms with Crippen LogP contribution in [0.2, 0.25) is 0 Å². The molecule has 8 nitrogen and oxygen atoms in total. The van der Waals surface area contributed by atoms with Crippen LogP contribution in [0.3, 0.4) is 0 Å². The number of carboxylic acid groups (broad SMARTS) is 1. The fourth-order valence-corrected chi connectivity index (χ4v) is 2.56. The third-order valence-corrected chi connectivity index (χ3v) is 3.86. The first-order valence-corrected chi connectivity index (χ1v) is 7.67. The van der Waals surface area contributed by atoms with Crippen molar-refractivity contribution in [1.82, 2.24) is 10.2 Å². The van der Waals surface area contributed by atoms with Crippen molar-refractivity contribution >= 4 is 17.8 Å². The monoisotopic (exact) mass is 314 g/mol. The Kier molecular flexibility index (Phi) is 7.26. The quantitative estimate of drug-likeness (QED) is 0.425. The van der Waals surface area contributed by atoms with Gasteiger partial charge in [-0.1, -0.05) is 6.42 Å². The largest absolute Gasteiger partial charge is 0.480 e. The van der Waals surface area contributed by atoms with Gasteiger partial charge in [0.1, 0.15) is 12.1 Å². The van der Waals surface area contributed by atoms with Gasteiger partial charge in [0.2, 0.25) is 11.8 Å². The molecule has 0 spiro atoms. The second-order valence-electron chi connectivity index (χ2n) is 5.65. The van der Waals surface area contributed by atoms with Gasteiger partial charge >= 0.3 is 5.97 Å². The molecule has 2 amide bonds. The van der Waals surface area contributed by atoms with Gasteiger partial charge in [0, 0.05) is 6.54 Å². The van der Waals surface area contributed by atoms with Gasteiger partial charge < -0.3 is 26.8 Å². The lowest BCUT2D eigenvalue weighted by Crippen LogP contribution is -2.53. The van der Waals surface area contributed by atoms with Crippen LogP contribution in [0, 0.1) is 0 Å². The van der Waals surface area contributed by atoms with E-state index in [9.17, 15) is 14.4 Å². The molecule has 6 N–H and O–H groups in total. The van der Waals surface area contributed by atoms with Crippen molar-refractivity contribution in [2.45, 2.75) is 57.2 Å². The number of aliphatic carboxylic acids is 1. The molecule has 1 heterocycles. The van der Waals surface area contributed by atoms with E-state index in [1.165, 1.54) is 4.90 Å². The Bertz CT molecular complexity index is 416. The first-order valence-electron chi connectivity index (χ1n) is 7.67. The molecule has 0 aliphatic carbocycles. The molecule has 1 aliphatic rings. The summed E-state index contributed by atoms with van der Waals surface area (Å²) in [5.41, 5.74) is 11.1. The summed E-state index contributed by atoms with van der Waals surface area (Å²) in [6.07, 6.45) is 3.15. The molecular formula is C14H26N4O4. The van der Waals surface area contributed by atoms with Gasteiger partial charge in [-0.05, 0) is 39.2 Å². The first-order chi connectivity index (χ1) is 10.4. The molecule has 0 aromatic heterocycles. The number of rotatable bonds is 8. The summed E-state index contributed by atoms with van der Waals surface area (Å²) < 4.78 is 0. The standard InChI is InChI=1S/C14H26N4O4/c1-9(17-12(19)10(16)5-2-3-7-15)13(20)18-8-4-6-11(18)14(21)22/h9-11H,2-8,15-16H2,1H3,(H,17,19)(H,21,22)/t9-,10-,11+/m0/s1. The van der Waals surface area contributed by atoms with E-state index in [4.69, 9.17) is 16.6 Å². The molecule has 0 bridgehead atoms. The van der Waals surface area contributed by atoms with E-state index in [-0.39, 0.29) is 5.91 Å². The number of hydrogen-bond donors (Lipinski definition) is 4. The van der Waals surface area contributed by atoms with Crippen molar-refractivity contribution in [2.24, 2.45) is 11.5 Å². The second kappa shape index (κ2) is 8.70. The van der Waals surface area contributed by atoms with Crippen LogP contribution in [0.1, 0.15) is 39.0 Å². The Balaban J connectivity index is 2.49. The van der Waals surface area contributed by atoms with Gasteiger partial charge in [0.25, 0.3) is 0 Å². The third-order valence-electron chi connectivity index (χ3n) is 3.86. The molecule has 126 valence electrons. The summed E-state index contributed by atoms with van der Waals surface area (Å²) in [5.74, 6) is -1.79. The zero-order chi connectivity index (χ0) is 16.7. The maximum absolute atomic E-state index is 12.3. The highest BCUT2D eigenvalue weighted by Crippen LogP contribution is 2.18. The van der Waals surface area contributed by atoms with Crippen molar-refractivity contribution in [3.05, 3.63) is 0 Å². The van der Waals surface area contributed by atoms with Gasteiger partial charge in [0.15, 0.2) is 0 Å². The Morgan fingerprint density at radius 2 is 2.05 bits per heavy atom. The molecule has 0 unspecified atom stereocenters. The lowest BCUT2D eigenvalue weighted by atomic mass is 10.1. The van der Waals surface area contributed by atoms with E-state index in [1.54, 1.807) is 6.92 Å². The van der Waals surface area contributed by atoms with E-state index < -0.39 is 30.0 Å². The molecule has 1 aliphatic heterocycles. The van der Waals surface area contributed by atoms with E-state index in [1.807, 2.05) is 0 Å². The number of nitrogens with zero attached hydrogens (tertiary/aromatic N) is 1. The average Bonchev–Trinajstić information content (AvgIpc) is 2.95. The van der Waals surface area contributed by atoms with Gasteiger partial charge in [-0.25, -0.2) is 4.79 Å². The van der Waals surface area contributed by atoms with Crippen LogP contribution in [-0.2, 0) is 14.4 Å². The third kappa shape index (κ3) is 4.96. The maximum Gasteiger partial charge on any atom is 0.326 e. The van der Waals surface area contributed by atoms with Crippen LogP contribution in [0.5, 0.6) is 0 Å². The highest BCUT2D eigenvalue weighted by atomic mass is 16.4. The summed E-state index contributed by atoms with van der Waals surface area (Å²) in [7, 11) is 0. The van der Waals surface area contributed by atoms with Crippen molar-refractivity contribution in [1.29, 1.82) is 0 Å². The zero-order valence-electron chi connectivity index (χ0n) is 13.0. The van der Waals surface area contributed by atoms with Crippen molar-refractivity contribution in [3.8, 4) is 0 Å². The molecule has 1 saturated heterocycles. The molecule has 8 heteroatoms. The number of unbranched alkanes of at least 4 members (excludes halogenated alkanes) is 1. The minimum Gasteiger partial charge on any atom is -0.480 e.